The lowest BCUT2D eigenvalue weighted by Crippen LogP contribution is -2.23. The summed E-state index contributed by atoms with van der Waals surface area (Å²) < 4.78 is 11.8. The monoisotopic (exact) mass is 461 g/mol. The van der Waals surface area contributed by atoms with Gasteiger partial charge in [0.25, 0.3) is 5.91 Å². The number of nitrogens with zero attached hydrogens (tertiary/aromatic N) is 7. The fraction of sp³-hybridized carbons (Fsp3) is 0.182. The van der Waals surface area contributed by atoms with Crippen molar-refractivity contribution in [2.75, 3.05) is 19.8 Å². The molecule has 0 bridgehead atoms. The molecule has 4 rings (SSSR count). The van der Waals surface area contributed by atoms with Gasteiger partial charge in [0, 0.05) is 6.54 Å². The van der Waals surface area contributed by atoms with Crippen molar-refractivity contribution in [3.8, 4) is 11.6 Å². The number of nitrogens with one attached hydrogen (secondary N) is 1. The van der Waals surface area contributed by atoms with Crippen molar-refractivity contribution in [3.05, 3.63) is 77.1 Å². The molecule has 12 heteroatoms. The fourth-order valence-electron chi connectivity index (χ4n) is 3.07. The van der Waals surface area contributed by atoms with Crippen LogP contribution < -0.4 is 15.9 Å². The zero-order valence-corrected chi connectivity index (χ0v) is 18.6. The van der Waals surface area contributed by atoms with E-state index in [2.05, 4.69) is 35.8 Å². The molecule has 0 atom stereocenters. The van der Waals surface area contributed by atoms with Crippen molar-refractivity contribution in [1.29, 1.82) is 0 Å². The first-order chi connectivity index (χ1) is 16.5. The van der Waals surface area contributed by atoms with Crippen LogP contribution in [-0.4, -0.2) is 56.4 Å². The number of rotatable bonds is 9. The molecule has 0 aliphatic carbocycles. The topological polar surface area (TPSA) is 150 Å². The van der Waals surface area contributed by atoms with Gasteiger partial charge in [-0.3, -0.25) is 4.79 Å². The fourth-order valence-corrected chi connectivity index (χ4v) is 3.07. The minimum absolute atomic E-state index is 0.0317. The summed E-state index contributed by atoms with van der Waals surface area (Å²) in [6.07, 6.45) is 1.52. The van der Waals surface area contributed by atoms with E-state index < -0.39 is 5.91 Å². The van der Waals surface area contributed by atoms with Crippen LogP contribution in [0, 0.1) is 0 Å². The van der Waals surface area contributed by atoms with Crippen molar-refractivity contribution < 1.29 is 14.2 Å². The molecule has 0 saturated heterocycles. The number of carbonyl (C=O) groups excluding carboxylic acids is 1. The highest BCUT2D eigenvalue weighted by atomic mass is 16.6. The van der Waals surface area contributed by atoms with Crippen LogP contribution in [0.15, 0.2) is 64.3 Å². The van der Waals surface area contributed by atoms with Crippen molar-refractivity contribution in [3.63, 3.8) is 0 Å². The highest BCUT2D eigenvalue weighted by Gasteiger charge is 2.24. The number of amides is 1. The molecule has 0 radical (unpaired) electrons. The lowest BCUT2D eigenvalue weighted by atomic mass is 10.2. The van der Waals surface area contributed by atoms with Crippen LogP contribution in [0.25, 0.3) is 5.82 Å². The maximum Gasteiger partial charge on any atom is 0.293 e. The molecule has 0 spiro atoms. The summed E-state index contributed by atoms with van der Waals surface area (Å²) in [7, 11) is 3.68. The van der Waals surface area contributed by atoms with E-state index in [0.29, 0.717) is 24.6 Å². The largest absolute Gasteiger partial charge is 0.489 e. The molecular formula is C22H23N9O3. The van der Waals surface area contributed by atoms with E-state index in [4.69, 9.17) is 10.5 Å². The first-order valence-electron chi connectivity index (χ1n) is 10.3. The number of carbonyl (C=O) groups is 1. The Hall–Kier alpha value is -4.58. The van der Waals surface area contributed by atoms with E-state index in [1.54, 1.807) is 0 Å². The van der Waals surface area contributed by atoms with Gasteiger partial charge in [-0.25, -0.2) is 10.1 Å². The summed E-state index contributed by atoms with van der Waals surface area (Å²) in [6, 6.07) is 17.3. The summed E-state index contributed by atoms with van der Waals surface area (Å²) in [5, 5.41) is 19.3. The molecule has 1 amide bonds. The molecule has 2 heterocycles. The minimum atomic E-state index is -0.536. The number of nitrogens with two attached hydrogens (primary N) is 1. The van der Waals surface area contributed by atoms with Gasteiger partial charge in [0.15, 0.2) is 5.69 Å². The van der Waals surface area contributed by atoms with Gasteiger partial charge in [-0.2, -0.15) is 9.78 Å². The summed E-state index contributed by atoms with van der Waals surface area (Å²) >= 11 is 0. The van der Waals surface area contributed by atoms with Crippen LogP contribution in [0.1, 0.15) is 27.3 Å². The van der Waals surface area contributed by atoms with Crippen molar-refractivity contribution in [2.45, 2.75) is 13.2 Å². The second kappa shape index (κ2) is 10.4. The normalized spacial score (nSPS) is 11.3. The molecule has 0 fully saturated rings. The van der Waals surface area contributed by atoms with Crippen LogP contribution in [-0.2, 0) is 13.2 Å². The maximum absolute atomic E-state index is 12.8. The van der Waals surface area contributed by atoms with E-state index in [0.717, 1.165) is 11.1 Å². The SMILES string of the molecule is CN(C)Cc1c(C(=O)N/N=C/c2cccc(OCc3ccccc3)c2)nnn1-c1nonc1N. The quantitative estimate of drug-likeness (QED) is 0.280. The lowest BCUT2D eigenvalue weighted by molar-refractivity contribution is 0.0948. The second-order valence-electron chi connectivity index (χ2n) is 7.55. The Bertz CT molecular complexity index is 1280. The molecule has 0 unspecified atom stereocenters. The molecule has 2 aromatic heterocycles. The molecule has 0 saturated carbocycles. The number of benzene rings is 2. The highest BCUT2D eigenvalue weighted by Crippen LogP contribution is 2.17. The van der Waals surface area contributed by atoms with Crippen molar-refractivity contribution in [1.82, 2.24) is 35.6 Å². The predicted octanol–water partition coefficient (Wildman–Crippen LogP) is 1.64. The highest BCUT2D eigenvalue weighted by molar-refractivity contribution is 5.94. The van der Waals surface area contributed by atoms with E-state index >= 15 is 0 Å². The molecule has 4 aromatic rings. The maximum atomic E-state index is 12.8. The van der Waals surface area contributed by atoms with E-state index in [1.165, 1.54) is 10.9 Å². The van der Waals surface area contributed by atoms with Crippen LogP contribution in [0.3, 0.4) is 0 Å². The standard InChI is InChI=1S/C22H23N9O3/c1-30(2)13-18-19(25-29-31(18)21-20(23)27-34-28-21)22(32)26-24-12-16-9-6-10-17(11-16)33-14-15-7-4-3-5-8-15/h3-12H,13-14H2,1-2H3,(H2,23,27)(H,26,32)/b24-12+. The smallest absolute Gasteiger partial charge is 0.293 e. The number of hydrogen-bond donors (Lipinski definition) is 2. The number of aromatic nitrogens is 5. The van der Waals surface area contributed by atoms with Crippen LogP contribution >= 0.6 is 0 Å². The van der Waals surface area contributed by atoms with E-state index in [1.807, 2.05) is 73.6 Å². The Kier molecular flexibility index (Phi) is 6.89. The summed E-state index contributed by atoms with van der Waals surface area (Å²) in [5.74, 6) is 0.337. The second-order valence-corrected chi connectivity index (χ2v) is 7.55. The first kappa shape index (κ1) is 22.6. The third-order valence-corrected chi connectivity index (χ3v) is 4.63. The first-order valence-corrected chi connectivity index (χ1v) is 10.3. The lowest BCUT2D eigenvalue weighted by Gasteiger charge is -2.11. The summed E-state index contributed by atoms with van der Waals surface area (Å²) in [6.45, 7) is 0.792. The number of hydrogen-bond acceptors (Lipinski definition) is 10. The third kappa shape index (κ3) is 5.42. The van der Waals surface area contributed by atoms with E-state index in [-0.39, 0.29) is 17.3 Å². The number of nitrogen functional groups attached to an aromatic ring is 1. The average Bonchev–Trinajstić information content (AvgIpc) is 3.44. The Balaban J connectivity index is 1.44. The Morgan fingerprint density at radius 3 is 2.76 bits per heavy atom. The molecule has 174 valence electrons. The van der Waals surface area contributed by atoms with Gasteiger partial charge in [-0.15, -0.1) is 5.10 Å². The molecule has 0 aliphatic heterocycles. The number of hydrazone groups is 1. The van der Waals surface area contributed by atoms with Gasteiger partial charge in [0.2, 0.25) is 11.6 Å². The Labute approximate surface area is 195 Å². The van der Waals surface area contributed by atoms with Crippen molar-refractivity contribution in [2.24, 2.45) is 5.10 Å². The summed E-state index contributed by atoms with van der Waals surface area (Å²) in [5.41, 5.74) is 10.6. The third-order valence-electron chi connectivity index (χ3n) is 4.63. The van der Waals surface area contributed by atoms with Gasteiger partial charge in [0.1, 0.15) is 12.4 Å². The molecule has 0 aliphatic rings. The van der Waals surface area contributed by atoms with Gasteiger partial charge in [0.05, 0.1) is 11.9 Å². The van der Waals surface area contributed by atoms with Crippen LogP contribution in [0.5, 0.6) is 5.75 Å². The molecule has 34 heavy (non-hydrogen) atoms. The van der Waals surface area contributed by atoms with Gasteiger partial charge in [-0.05, 0) is 47.7 Å². The Morgan fingerprint density at radius 2 is 2.03 bits per heavy atom. The summed E-state index contributed by atoms with van der Waals surface area (Å²) in [4.78, 5) is 14.6. The zero-order valence-electron chi connectivity index (χ0n) is 18.6. The molecule has 2 aromatic carbocycles. The molecule has 12 nitrogen and oxygen atoms in total. The van der Waals surface area contributed by atoms with Crippen LogP contribution in [0.4, 0.5) is 5.82 Å². The van der Waals surface area contributed by atoms with Gasteiger partial charge < -0.3 is 15.4 Å². The molecule has 3 N–H and O–H groups in total. The minimum Gasteiger partial charge on any atom is -0.489 e. The van der Waals surface area contributed by atoms with Gasteiger partial charge >= 0.3 is 0 Å². The zero-order chi connectivity index (χ0) is 23.9. The predicted molar refractivity (Wildman–Crippen MR) is 123 cm³/mol. The van der Waals surface area contributed by atoms with Crippen LogP contribution in [0.2, 0.25) is 0 Å². The van der Waals surface area contributed by atoms with Gasteiger partial charge in [-0.1, -0.05) is 47.7 Å². The Morgan fingerprint density at radius 1 is 1.21 bits per heavy atom. The molecular weight excluding hydrogens is 438 g/mol. The van der Waals surface area contributed by atoms with E-state index in [9.17, 15) is 4.79 Å². The number of ether oxygens (including phenoxy) is 1. The van der Waals surface area contributed by atoms with Crippen molar-refractivity contribution >= 4 is 17.9 Å². The number of anilines is 1. The average molecular weight is 461 g/mol.